The largest absolute Gasteiger partial charge is 0.454 e. The molecule has 0 saturated heterocycles. The van der Waals surface area contributed by atoms with Crippen LogP contribution in [0.2, 0.25) is 0 Å². The Bertz CT molecular complexity index is 420. The average molecular weight is 372 g/mol. The van der Waals surface area contributed by atoms with Gasteiger partial charge in [0.05, 0.1) is 0 Å². The summed E-state index contributed by atoms with van der Waals surface area (Å²) < 4.78 is 46.7. The maximum absolute atomic E-state index is 12.1. The van der Waals surface area contributed by atoms with Gasteiger partial charge in [-0.15, -0.1) is 0 Å². The van der Waals surface area contributed by atoms with Gasteiger partial charge in [0.1, 0.15) is 0 Å². The SMILES string of the molecule is FC(F)(F)CCC(I)Cc1ccc2c(c1)OCO2. The molecule has 1 heterocycles. The lowest BCUT2D eigenvalue weighted by Crippen LogP contribution is -2.12. The third-order valence-corrected chi connectivity index (χ3v) is 3.70. The number of alkyl halides is 4. The van der Waals surface area contributed by atoms with E-state index in [1.165, 1.54) is 0 Å². The van der Waals surface area contributed by atoms with E-state index in [-0.39, 0.29) is 17.1 Å². The van der Waals surface area contributed by atoms with Gasteiger partial charge in [-0.05, 0) is 30.5 Å². The number of halogens is 4. The van der Waals surface area contributed by atoms with Crippen molar-refractivity contribution in [3.05, 3.63) is 23.8 Å². The first-order chi connectivity index (χ1) is 8.44. The van der Waals surface area contributed by atoms with E-state index in [0.717, 1.165) is 5.56 Å². The molecule has 1 aliphatic rings. The molecular formula is C12H12F3IO2. The fraction of sp³-hybridized carbons (Fsp3) is 0.500. The first-order valence-corrected chi connectivity index (χ1v) is 6.78. The van der Waals surface area contributed by atoms with Gasteiger partial charge in [0.15, 0.2) is 11.5 Å². The van der Waals surface area contributed by atoms with Crippen LogP contribution in [0.1, 0.15) is 18.4 Å². The molecule has 0 radical (unpaired) electrons. The van der Waals surface area contributed by atoms with Crippen molar-refractivity contribution in [2.24, 2.45) is 0 Å². The Labute approximate surface area is 117 Å². The van der Waals surface area contributed by atoms with E-state index in [4.69, 9.17) is 9.47 Å². The molecule has 2 nitrogen and oxygen atoms in total. The van der Waals surface area contributed by atoms with Crippen LogP contribution in [0.5, 0.6) is 11.5 Å². The van der Waals surface area contributed by atoms with Crippen LogP contribution in [-0.4, -0.2) is 16.9 Å². The smallest absolute Gasteiger partial charge is 0.389 e. The third-order valence-electron chi connectivity index (χ3n) is 2.64. The highest BCUT2D eigenvalue weighted by Gasteiger charge is 2.27. The van der Waals surface area contributed by atoms with E-state index in [0.29, 0.717) is 17.9 Å². The molecule has 0 aromatic heterocycles. The maximum atomic E-state index is 12.1. The summed E-state index contributed by atoms with van der Waals surface area (Å²) in [5, 5.41) is 0. The Morgan fingerprint density at radius 1 is 1.22 bits per heavy atom. The fourth-order valence-electron chi connectivity index (χ4n) is 1.75. The maximum Gasteiger partial charge on any atom is 0.389 e. The van der Waals surface area contributed by atoms with Crippen LogP contribution in [0.15, 0.2) is 18.2 Å². The quantitative estimate of drug-likeness (QED) is 0.585. The summed E-state index contributed by atoms with van der Waals surface area (Å²) in [5.41, 5.74) is 0.973. The molecule has 2 rings (SSSR count). The standard InChI is InChI=1S/C12H12F3IO2/c13-12(14,15)4-3-9(16)5-8-1-2-10-11(6-8)18-7-17-10/h1-2,6,9H,3-5,7H2. The normalized spacial score (nSPS) is 15.8. The van der Waals surface area contributed by atoms with Gasteiger partial charge >= 0.3 is 6.18 Å². The number of rotatable bonds is 4. The van der Waals surface area contributed by atoms with Crippen LogP contribution in [-0.2, 0) is 6.42 Å². The molecule has 0 fully saturated rings. The lowest BCUT2D eigenvalue weighted by molar-refractivity contribution is -0.135. The molecule has 1 aliphatic heterocycles. The second-order valence-corrected chi connectivity index (χ2v) is 5.90. The lowest BCUT2D eigenvalue weighted by Gasteiger charge is -2.12. The highest BCUT2D eigenvalue weighted by molar-refractivity contribution is 14.1. The molecule has 0 bridgehead atoms. The summed E-state index contributed by atoms with van der Waals surface area (Å²) in [6.45, 7) is 0.209. The van der Waals surface area contributed by atoms with E-state index >= 15 is 0 Å². The number of hydrogen-bond acceptors (Lipinski definition) is 2. The van der Waals surface area contributed by atoms with Crippen molar-refractivity contribution in [2.45, 2.75) is 29.4 Å². The molecule has 0 aliphatic carbocycles. The Morgan fingerprint density at radius 3 is 2.67 bits per heavy atom. The van der Waals surface area contributed by atoms with E-state index in [1.54, 1.807) is 6.07 Å². The monoisotopic (exact) mass is 372 g/mol. The predicted octanol–water partition coefficient (Wildman–Crippen LogP) is 4.10. The molecule has 1 atom stereocenters. The zero-order valence-electron chi connectivity index (χ0n) is 9.47. The second kappa shape index (κ2) is 5.54. The van der Waals surface area contributed by atoms with Gasteiger partial charge in [0.25, 0.3) is 0 Å². The number of hydrogen-bond donors (Lipinski definition) is 0. The van der Waals surface area contributed by atoms with E-state index < -0.39 is 12.6 Å². The average Bonchev–Trinajstić information content (AvgIpc) is 2.72. The van der Waals surface area contributed by atoms with E-state index in [1.807, 2.05) is 12.1 Å². The molecular weight excluding hydrogens is 360 g/mol. The molecule has 0 saturated carbocycles. The zero-order chi connectivity index (χ0) is 13.2. The van der Waals surface area contributed by atoms with Gasteiger partial charge in [-0.25, -0.2) is 0 Å². The molecule has 0 amide bonds. The second-order valence-electron chi connectivity index (χ2n) is 4.14. The van der Waals surface area contributed by atoms with Crippen molar-refractivity contribution in [3.8, 4) is 11.5 Å². The molecule has 1 unspecified atom stereocenters. The summed E-state index contributed by atoms with van der Waals surface area (Å²) >= 11 is 2.06. The zero-order valence-corrected chi connectivity index (χ0v) is 11.6. The topological polar surface area (TPSA) is 18.5 Å². The fourth-order valence-corrected chi connectivity index (χ4v) is 2.57. The minimum Gasteiger partial charge on any atom is -0.454 e. The first-order valence-electron chi connectivity index (χ1n) is 5.53. The van der Waals surface area contributed by atoms with E-state index in [9.17, 15) is 13.2 Å². The molecule has 1 aromatic rings. The van der Waals surface area contributed by atoms with Crippen molar-refractivity contribution >= 4 is 22.6 Å². The summed E-state index contributed by atoms with van der Waals surface area (Å²) in [5.74, 6) is 1.37. The van der Waals surface area contributed by atoms with Gasteiger partial charge in [0, 0.05) is 10.3 Å². The Hall–Kier alpha value is -0.660. The van der Waals surface area contributed by atoms with Crippen molar-refractivity contribution in [1.29, 1.82) is 0 Å². The summed E-state index contributed by atoms with van der Waals surface area (Å²) in [4.78, 5) is 0. The highest BCUT2D eigenvalue weighted by atomic mass is 127. The highest BCUT2D eigenvalue weighted by Crippen LogP contribution is 2.33. The van der Waals surface area contributed by atoms with Gasteiger partial charge < -0.3 is 9.47 Å². The number of ether oxygens (including phenoxy) is 2. The van der Waals surface area contributed by atoms with Gasteiger partial charge in [-0.3, -0.25) is 0 Å². The molecule has 0 spiro atoms. The third kappa shape index (κ3) is 3.93. The van der Waals surface area contributed by atoms with Crippen molar-refractivity contribution in [2.75, 3.05) is 6.79 Å². The Balaban J connectivity index is 1.89. The summed E-state index contributed by atoms with van der Waals surface area (Å²) in [6.07, 6.45) is -4.06. The number of fused-ring (bicyclic) bond motifs is 1. The summed E-state index contributed by atoms with van der Waals surface area (Å²) in [6, 6.07) is 5.50. The van der Waals surface area contributed by atoms with Crippen molar-refractivity contribution in [1.82, 2.24) is 0 Å². The lowest BCUT2D eigenvalue weighted by atomic mass is 10.1. The molecule has 6 heteroatoms. The Kier molecular flexibility index (Phi) is 4.24. The van der Waals surface area contributed by atoms with Crippen molar-refractivity contribution in [3.63, 3.8) is 0 Å². The minimum atomic E-state index is -4.07. The van der Waals surface area contributed by atoms with Crippen LogP contribution in [0.3, 0.4) is 0 Å². The van der Waals surface area contributed by atoms with Gasteiger partial charge in [-0.2, -0.15) is 13.2 Å². The van der Waals surface area contributed by atoms with Crippen molar-refractivity contribution < 1.29 is 22.6 Å². The number of benzene rings is 1. The molecule has 18 heavy (non-hydrogen) atoms. The molecule has 100 valence electrons. The first kappa shape index (κ1) is 13.8. The Morgan fingerprint density at radius 2 is 1.94 bits per heavy atom. The molecule has 0 N–H and O–H groups in total. The van der Waals surface area contributed by atoms with Crippen LogP contribution in [0.4, 0.5) is 13.2 Å². The van der Waals surface area contributed by atoms with E-state index in [2.05, 4.69) is 22.6 Å². The van der Waals surface area contributed by atoms with Crippen LogP contribution < -0.4 is 9.47 Å². The van der Waals surface area contributed by atoms with Crippen LogP contribution in [0.25, 0.3) is 0 Å². The molecule has 1 aromatic carbocycles. The minimum absolute atomic E-state index is 0.0374. The summed E-state index contributed by atoms with van der Waals surface area (Å²) in [7, 11) is 0. The van der Waals surface area contributed by atoms with Gasteiger partial charge in [-0.1, -0.05) is 28.7 Å². The van der Waals surface area contributed by atoms with Gasteiger partial charge in [0.2, 0.25) is 6.79 Å². The predicted molar refractivity (Wildman–Crippen MR) is 69.4 cm³/mol. The van der Waals surface area contributed by atoms with Crippen LogP contribution >= 0.6 is 22.6 Å². The van der Waals surface area contributed by atoms with Crippen LogP contribution in [0, 0.1) is 0 Å².